The first kappa shape index (κ1) is 22.6. The van der Waals surface area contributed by atoms with E-state index in [9.17, 15) is 27.9 Å². The standard InChI is InChI=1S/C20H15F3N2O4S2/c1-29-15-8-11(6-7-14(15)26)9-16-18(28)25(19(30)31-16)10-17(27)24-13-5-3-2-4-12(13)20(21,22)23/h2-9,26H,10H2,1H3,(H,24,27)/b16-9-. The lowest BCUT2D eigenvalue weighted by Gasteiger charge is -2.16. The maximum Gasteiger partial charge on any atom is 0.418 e. The second kappa shape index (κ2) is 8.98. The van der Waals surface area contributed by atoms with Crippen molar-refractivity contribution in [2.45, 2.75) is 6.18 Å². The van der Waals surface area contributed by atoms with E-state index >= 15 is 0 Å². The van der Waals surface area contributed by atoms with Gasteiger partial charge in [0.05, 0.1) is 23.3 Å². The Kier molecular flexibility index (Phi) is 6.56. The second-order valence-corrected chi connectivity index (χ2v) is 7.97. The van der Waals surface area contributed by atoms with Gasteiger partial charge in [-0.05, 0) is 35.9 Å². The number of nitrogens with one attached hydrogen (secondary N) is 1. The van der Waals surface area contributed by atoms with Gasteiger partial charge in [0, 0.05) is 0 Å². The number of halogens is 3. The van der Waals surface area contributed by atoms with E-state index in [-0.39, 0.29) is 20.7 Å². The van der Waals surface area contributed by atoms with Gasteiger partial charge in [0.2, 0.25) is 5.91 Å². The number of carbonyl (C=O) groups is 2. The first-order valence-electron chi connectivity index (χ1n) is 8.68. The van der Waals surface area contributed by atoms with E-state index in [0.29, 0.717) is 5.56 Å². The summed E-state index contributed by atoms with van der Waals surface area (Å²) in [7, 11) is 1.38. The van der Waals surface area contributed by atoms with Crippen molar-refractivity contribution in [1.82, 2.24) is 4.90 Å². The molecule has 0 atom stereocenters. The number of rotatable bonds is 5. The summed E-state index contributed by atoms with van der Waals surface area (Å²) < 4.78 is 44.4. The fourth-order valence-corrected chi connectivity index (χ4v) is 4.00. The Labute approximate surface area is 184 Å². The van der Waals surface area contributed by atoms with E-state index in [1.54, 1.807) is 6.07 Å². The molecule has 1 heterocycles. The Morgan fingerprint density at radius 3 is 2.68 bits per heavy atom. The van der Waals surface area contributed by atoms with Crippen molar-refractivity contribution < 1.29 is 32.6 Å². The van der Waals surface area contributed by atoms with Crippen LogP contribution in [0.5, 0.6) is 11.5 Å². The highest BCUT2D eigenvalue weighted by molar-refractivity contribution is 8.26. The van der Waals surface area contributed by atoms with Crippen LogP contribution in [0.1, 0.15) is 11.1 Å². The summed E-state index contributed by atoms with van der Waals surface area (Å²) >= 11 is 6.11. The van der Waals surface area contributed by atoms with Crippen LogP contribution in [-0.2, 0) is 15.8 Å². The molecule has 31 heavy (non-hydrogen) atoms. The molecule has 0 spiro atoms. The molecule has 0 saturated carbocycles. The summed E-state index contributed by atoms with van der Waals surface area (Å²) in [6.07, 6.45) is -3.13. The zero-order chi connectivity index (χ0) is 22.8. The lowest BCUT2D eigenvalue weighted by atomic mass is 10.1. The third kappa shape index (κ3) is 5.17. The van der Waals surface area contributed by atoms with E-state index in [4.69, 9.17) is 17.0 Å². The van der Waals surface area contributed by atoms with E-state index in [2.05, 4.69) is 5.32 Å². The predicted molar refractivity (Wildman–Crippen MR) is 115 cm³/mol. The Morgan fingerprint density at radius 2 is 2.00 bits per heavy atom. The van der Waals surface area contributed by atoms with Crippen molar-refractivity contribution in [2.24, 2.45) is 0 Å². The van der Waals surface area contributed by atoms with Crippen molar-refractivity contribution in [3.63, 3.8) is 0 Å². The third-order valence-electron chi connectivity index (χ3n) is 4.18. The van der Waals surface area contributed by atoms with E-state index < -0.39 is 35.8 Å². The van der Waals surface area contributed by atoms with Crippen LogP contribution in [0, 0.1) is 0 Å². The van der Waals surface area contributed by atoms with E-state index in [1.807, 2.05) is 0 Å². The predicted octanol–water partition coefficient (Wildman–Crippen LogP) is 4.26. The fourth-order valence-electron chi connectivity index (χ4n) is 2.74. The minimum absolute atomic E-state index is 0.0667. The van der Waals surface area contributed by atoms with E-state index in [1.165, 1.54) is 37.5 Å². The molecule has 1 aliphatic rings. The smallest absolute Gasteiger partial charge is 0.418 e. The molecule has 0 aromatic heterocycles. The number of hydrogen-bond donors (Lipinski definition) is 2. The highest BCUT2D eigenvalue weighted by Gasteiger charge is 2.35. The fraction of sp³-hybridized carbons (Fsp3) is 0.150. The summed E-state index contributed by atoms with van der Waals surface area (Å²) in [6.45, 7) is -0.535. The molecule has 2 N–H and O–H groups in total. The number of hydrogen-bond acceptors (Lipinski definition) is 6. The van der Waals surface area contributed by atoms with Crippen LogP contribution in [0.3, 0.4) is 0 Å². The van der Waals surface area contributed by atoms with Crippen molar-refractivity contribution in [2.75, 3.05) is 19.0 Å². The Balaban J connectivity index is 1.74. The number of benzene rings is 2. The largest absolute Gasteiger partial charge is 0.504 e. The second-order valence-electron chi connectivity index (χ2n) is 6.29. The van der Waals surface area contributed by atoms with Crippen molar-refractivity contribution >= 4 is 51.9 Å². The summed E-state index contributed by atoms with van der Waals surface area (Å²) in [4.78, 5) is 26.2. The van der Waals surface area contributed by atoms with E-state index in [0.717, 1.165) is 28.8 Å². The zero-order valence-electron chi connectivity index (χ0n) is 15.9. The monoisotopic (exact) mass is 468 g/mol. The highest BCUT2D eigenvalue weighted by atomic mass is 32.2. The first-order valence-corrected chi connectivity index (χ1v) is 9.91. The van der Waals surface area contributed by atoms with Gasteiger partial charge in [0.1, 0.15) is 10.9 Å². The van der Waals surface area contributed by atoms with Gasteiger partial charge in [0.25, 0.3) is 5.91 Å². The minimum Gasteiger partial charge on any atom is -0.504 e. The number of aromatic hydroxyl groups is 1. The lowest BCUT2D eigenvalue weighted by Crippen LogP contribution is -2.36. The average Bonchev–Trinajstić information content (AvgIpc) is 2.96. The lowest BCUT2D eigenvalue weighted by molar-refractivity contribution is -0.137. The normalized spacial score (nSPS) is 15.5. The van der Waals surface area contributed by atoms with Crippen molar-refractivity contribution in [1.29, 1.82) is 0 Å². The first-order chi connectivity index (χ1) is 14.6. The maximum atomic E-state index is 13.1. The molecule has 162 valence electrons. The van der Waals surface area contributed by atoms with Gasteiger partial charge >= 0.3 is 6.18 Å². The molecule has 2 aromatic carbocycles. The molecular weight excluding hydrogens is 453 g/mol. The quantitative estimate of drug-likeness (QED) is 0.504. The van der Waals surface area contributed by atoms with Gasteiger partial charge in [0.15, 0.2) is 11.5 Å². The number of methoxy groups -OCH3 is 1. The molecule has 0 bridgehead atoms. The number of amides is 2. The molecule has 1 aliphatic heterocycles. The van der Waals surface area contributed by atoms with Crippen molar-refractivity contribution in [3.8, 4) is 11.5 Å². The number of para-hydroxylation sites is 1. The highest BCUT2D eigenvalue weighted by Crippen LogP contribution is 2.36. The molecule has 1 fully saturated rings. The van der Waals surface area contributed by atoms with Crippen LogP contribution in [0.15, 0.2) is 47.4 Å². The molecule has 11 heteroatoms. The van der Waals surface area contributed by atoms with Gasteiger partial charge in [-0.1, -0.05) is 42.2 Å². The Hall–Kier alpha value is -3.05. The van der Waals surface area contributed by atoms with Crippen LogP contribution in [-0.4, -0.2) is 39.8 Å². The summed E-state index contributed by atoms with van der Waals surface area (Å²) in [5.41, 5.74) is -0.842. The molecule has 0 radical (unpaired) electrons. The van der Waals surface area contributed by atoms with Gasteiger partial charge in [-0.3, -0.25) is 14.5 Å². The van der Waals surface area contributed by atoms with Gasteiger partial charge < -0.3 is 15.2 Å². The molecule has 0 unspecified atom stereocenters. The maximum absolute atomic E-state index is 13.1. The summed E-state index contributed by atoms with van der Waals surface area (Å²) in [5.74, 6) is -1.23. The average molecular weight is 468 g/mol. The summed E-state index contributed by atoms with van der Waals surface area (Å²) in [6, 6.07) is 9.03. The number of ether oxygens (including phenoxy) is 1. The molecular formula is C20H15F3N2O4S2. The Morgan fingerprint density at radius 1 is 1.29 bits per heavy atom. The number of nitrogens with zero attached hydrogens (tertiary/aromatic N) is 1. The molecule has 0 aliphatic carbocycles. The number of phenolic OH excluding ortho intramolecular Hbond substituents is 1. The van der Waals surface area contributed by atoms with Crippen LogP contribution >= 0.6 is 24.0 Å². The molecule has 3 rings (SSSR count). The molecule has 2 amide bonds. The van der Waals surface area contributed by atoms with Crippen LogP contribution in [0.25, 0.3) is 6.08 Å². The van der Waals surface area contributed by atoms with Crippen LogP contribution in [0.2, 0.25) is 0 Å². The zero-order valence-corrected chi connectivity index (χ0v) is 17.5. The van der Waals surface area contributed by atoms with Gasteiger partial charge in [-0.25, -0.2) is 0 Å². The van der Waals surface area contributed by atoms with Crippen molar-refractivity contribution in [3.05, 3.63) is 58.5 Å². The number of thiocarbonyl (C=S) groups is 1. The molecule has 1 saturated heterocycles. The number of carbonyl (C=O) groups excluding carboxylic acids is 2. The van der Waals surface area contributed by atoms with Gasteiger partial charge in [-0.2, -0.15) is 13.2 Å². The van der Waals surface area contributed by atoms with Crippen LogP contribution < -0.4 is 10.1 Å². The number of thioether (sulfide) groups is 1. The van der Waals surface area contributed by atoms with Gasteiger partial charge in [-0.15, -0.1) is 0 Å². The summed E-state index contributed by atoms with van der Waals surface area (Å²) in [5, 5.41) is 11.8. The van der Waals surface area contributed by atoms with Crippen LogP contribution in [0.4, 0.5) is 18.9 Å². The molecule has 6 nitrogen and oxygen atoms in total. The third-order valence-corrected chi connectivity index (χ3v) is 5.56. The number of anilines is 1. The molecule has 2 aromatic rings. The Bertz CT molecular complexity index is 1090. The number of phenols is 1. The number of alkyl halides is 3. The minimum atomic E-state index is -4.64. The SMILES string of the molecule is COc1cc(/C=C2\SC(=S)N(CC(=O)Nc3ccccc3C(F)(F)F)C2=O)ccc1O. The topological polar surface area (TPSA) is 78.9 Å².